The van der Waals surface area contributed by atoms with Crippen LogP contribution in [-0.4, -0.2) is 20.0 Å². The molecule has 3 nitrogen and oxygen atoms in total. The lowest BCUT2D eigenvalue weighted by Crippen LogP contribution is -2.42. The minimum atomic E-state index is 0.232. The Kier molecular flexibility index (Phi) is 2.23. The van der Waals surface area contributed by atoms with Crippen LogP contribution in [0.25, 0.3) is 0 Å². The van der Waals surface area contributed by atoms with Gasteiger partial charge in [-0.15, -0.1) is 4.57 Å². The molecule has 0 N–H and O–H groups in total. The van der Waals surface area contributed by atoms with Gasteiger partial charge in [0.25, 0.3) is 0 Å². The van der Waals surface area contributed by atoms with E-state index >= 15 is 0 Å². The van der Waals surface area contributed by atoms with Crippen LogP contribution in [0.15, 0.2) is 24.5 Å². The smallest absolute Gasteiger partial charge is 0.377 e. The van der Waals surface area contributed by atoms with Crippen LogP contribution in [0.5, 0.6) is 0 Å². The van der Waals surface area contributed by atoms with E-state index in [-0.39, 0.29) is 11.8 Å². The van der Waals surface area contributed by atoms with Crippen LogP contribution in [0.3, 0.4) is 0 Å². The summed E-state index contributed by atoms with van der Waals surface area (Å²) < 4.78 is 1.69. The fraction of sp³-hybridized carbons (Fsp3) is 0.455. The molecular formula is C11H15N2O+. The highest BCUT2D eigenvalue weighted by molar-refractivity contribution is 5.72. The first-order chi connectivity index (χ1) is 6.68. The molecule has 0 spiro atoms. The largest absolute Gasteiger partial charge is 0.395 e. The molecular weight excluding hydrogens is 176 g/mol. The van der Waals surface area contributed by atoms with Gasteiger partial charge in [0, 0.05) is 31.9 Å². The lowest BCUT2D eigenvalue weighted by atomic mass is 10.3. The lowest BCUT2D eigenvalue weighted by molar-refractivity contribution is -0.575. The molecule has 0 saturated heterocycles. The third-order valence-corrected chi connectivity index (χ3v) is 2.51. The van der Waals surface area contributed by atoms with E-state index in [0.717, 1.165) is 18.5 Å². The van der Waals surface area contributed by atoms with Gasteiger partial charge in [-0.05, 0) is 12.8 Å². The van der Waals surface area contributed by atoms with Crippen LogP contribution in [0.1, 0.15) is 17.6 Å². The minimum Gasteiger partial charge on any atom is -0.377 e. The van der Waals surface area contributed by atoms with Gasteiger partial charge >= 0.3 is 5.91 Å². The van der Waals surface area contributed by atoms with Gasteiger partial charge in [-0.2, -0.15) is 0 Å². The molecule has 0 amide bonds. The molecule has 1 saturated carbocycles. The average Bonchev–Trinajstić information content (AvgIpc) is 3.00. The van der Waals surface area contributed by atoms with Crippen molar-refractivity contribution < 1.29 is 9.36 Å². The summed E-state index contributed by atoms with van der Waals surface area (Å²) in [7, 11) is 3.98. The molecule has 1 heterocycles. The van der Waals surface area contributed by atoms with Gasteiger partial charge in [-0.1, -0.05) is 0 Å². The number of carbonyl (C=O) groups excluding carboxylic acids is 1. The maximum Gasteiger partial charge on any atom is 0.395 e. The van der Waals surface area contributed by atoms with E-state index in [9.17, 15) is 4.79 Å². The van der Waals surface area contributed by atoms with Crippen molar-refractivity contribution in [3.8, 4) is 0 Å². The van der Waals surface area contributed by atoms with Crippen molar-refractivity contribution >= 4 is 11.6 Å². The monoisotopic (exact) mass is 191 g/mol. The van der Waals surface area contributed by atoms with E-state index in [1.165, 1.54) is 0 Å². The highest BCUT2D eigenvalue weighted by atomic mass is 16.2. The van der Waals surface area contributed by atoms with Crippen LogP contribution >= 0.6 is 0 Å². The molecule has 0 bridgehead atoms. The Morgan fingerprint density at radius 3 is 2.36 bits per heavy atom. The van der Waals surface area contributed by atoms with Gasteiger partial charge in [0.15, 0.2) is 12.4 Å². The number of aromatic nitrogens is 1. The third-order valence-electron chi connectivity index (χ3n) is 2.51. The van der Waals surface area contributed by atoms with Gasteiger partial charge in [-0.3, -0.25) is 0 Å². The van der Waals surface area contributed by atoms with Crippen molar-refractivity contribution in [3.63, 3.8) is 0 Å². The van der Waals surface area contributed by atoms with Crippen molar-refractivity contribution in [3.05, 3.63) is 24.5 Å². The number of hydrogen-bond acceptors (Lipinski definition) is 2. The molecule has 2 rings (SSSR count). The topological polar surface area (TPSA) is 24.2 Å². The maximum atomic E-state index is 11.6. The zero-order valence-corrected chi connectivity index (χ0v) is 8.60. The molecule has 14 heavy (non-hydrogen) atoms. The Morgan fingerprint density at radius 2 is 1.93 bits per heavy atom. The first-order valence-electron chi connectivity index (χ1n) is 4.91. The molecule has 0 radical (unpaired) electrons. The second kappa shape index (κ2) is 3.40. The number of carbonyl (C=O) groups is 1. The van der Waals surface area contributed by atoms with Crippen LogP contribution in [0.2, 0.25) is 0 Å². The quantitative estimate of drug-likeness (QED) is 0.653. The SMILES string of the molecule is CN(C)c1cc[n+](C(=O)C2CC2)cc1. The van der Waals surface area contributed by atoms with Crippen LogP contribution in [0.4, 0.5) is 5.69 Å². The molecule has 1 aliphatic carbocycles. The summed E-state index contributed by atoms with van der Waals surface area (Å²) in [5.74, 6) is 0.514. The molecule has 1 aromatic rings. The van der Waals surface area contributed by atoms with Gasteiger partial charge in [0.1, 0.15) is 0 Å². The van der Waals surface area contributed by atoms with Crippen molar-refractivity contribution in [1.82, 2.24) is 0 Å². The number of pyridine rings is 1. The predicted octanol–water partition coefficient (Wildman–Crippen LogP) is 1.09. The van der Waals surface area contributed by atoms with E-state index in [1.807, 2.05) is 43.5 Å². The minimum absolute atomic E-state index is 0.232. The number of nitrogens with zero attached hydrogens (tertiary/aromatic N) is 2. The zero-order chi connectivity index (χ0) is 10.1. The Balaban J connectivity index is 2.16. The normalized spacial score (nSPS) is 15.3. The van der Waals surface area contributed by atoms with E-state index in [0.29, 0.717) is 0 Å². The Hall–Kier alpha value is -1.38. The Morgan fingerprint density at radius 1 is 1.36 bits per heavy atom. The average molecular weight is 191 g/mol. The summed E-state index contributed by atoms with van der Waals surface area (Å²) in [6, 6.07) is 3.92. The molecule has 0 aliphatic heterocycles. The fourth-order valence-corrected chi connectivity index (χ4v) is 1.40. The highest BCUT2D eigenvalue weighted by Crippen LogP contribution is 2.28. The molecule has 1 fully saturated rings. The van der Waals surface area contributed by atoms with Crippen LogP contribution in [0, 0.1) is 5.92 Å². The maximum absolute atomic E-state index is 11.6. The Labute approximate surface area is 84.0 Å². The van der Waals surface area contributed by atoms with Gasteiger partial charge in [0.05, 0.1) is 5.92 Å². The predicted molar refractivity (Wildman–Crippen MR) is 54.3 cm³/mol. The standard InChI is InChI=1S/C11H15N2O/c1-12(2)10-5-7-13(8-6-10)11(14)9-3-4-9/h5-9H,3-4H2,1-2H3/q+1. The van der Waals surface area contributed by atoms with Crippen molar-refractivity contribution in [1.29, 1.82) is 0 Å². The molecule has 0 aromatic carbocycles. The first-order valence-corrected chi connectivity index (χ1v) is 4.91. The number of rotatable bonds is 2. The van der Waals surface area contributed by atoms with Gasteiger partial charge < -0.3 is 4.90 Å². The van der Waals surface area contributed by atoms with Gasteiger partial charge in [0.2, 0.25) is 0 Å². The molecule has 3 heteroatoms. The Bertz CT molecular complexity index is 339. The van der Waals surface area contributed by atoms with Crippen LogP contribution in [-0.2, 0) is 0 Å². The van der Waals surface area contributed by atoms with Crippen molar-refractivity contribution in [2.24, 2.45) is 5.92 Å². The summed E-state index contributed by atoms with van der Waals surface area (Å²) in [4.78, 5) is 13.7. The first kappa shape index (κ1) is 9.19. The zero-order valence-electron chi connectivity index (χ0n) is 8.60. The summed E-state index contributed by atoms with van der Waals surface area (Å²) >= 11 is 0. The summed E-state index contributed by atoms with van der Waals surface area (Å²) in [5.41, 5.74) is 1.12. The summed E-state index contributed by atoms with van der Waals surface area (Å²) in [6.07, 6.45) is 5.80. The van der Waals surface area contributed by atoms with Gasteiger partial charge in [-0.25, -0.2) is 4.79 Å². The lowest BCUT2D eigenvalue weighted by Gasteiger charge is -2.09. The van der Waals surface area contributed by atoms with Crippen molar-refractivity contribution in [2.75, 3.05) is 19.0 Å². The molecule has 0 atom stereocenters. The second-order valence-electron chi connectivity index (χ2n) is 3.97. The molecule has 74 valence electrons. The third kappa shape index (κ3) is 1.76. The van der Waals surface area contributed by atoms with E-state index in [2.05, 4.69) is 0 Å². The summed E-state index contributed by atoms with van der Waals surface area (Å²) in [6.45, 7) is 0. The molecule has 1 aliphatic rings. The van der Waals surface area contributed by atoms with E-state index in [4.69, 9.17) is 0 Å². The number of hydrogen-bond donors (Lipinski definition) is 0. The molecule has 0 unspecified atom stereocenters. The van der Waals surface area contributed by atoms with E-state index < -0.39 is 0 Å². The molecule has 1 aromatic heterocycles. The summed E-state index contributed by atoms with van der Waals surface area (Å²) in [5, 5.41) is 0. The van der Waals surface area contributed by atoms with E-state index in [1.54, 1.807) is 4.57 Å². The second-order valence-corrected chi connectivity index (χ2v) is 3.97. The van der Waals surface area contributed by atoms with Crippen LogP contribution < -0.4 is 9.47 Å². The number of anilines is 1. The highest BCUT2D eigenvalue weighted by Gasteiger charge is 2.36. The van der Waals surface area contributed by atoms with Crippen molar-refractivity contribution in [2.45, 2.75) is 12.8 Å². The fourth-order valence-electron chi connectivity index (χ4n) is 1.40.